The molecule has 0 atom stereocenters. The first kappa shape index (κ1) is 43.1. The lowest BCUT2D eigenvalue weighted by Gasteiger charge is -2.32. The van der Waals surface area contributed by atoms with Gasteiger partial charge in [0.2, 0.25) is 0 Å². The van der Waals surface area contributed by atoms with Gasteiger partial charge in [-0.3, -0.25) is 0 Å². The van der Waals surface area contributed by atoms with Gasteiger partial charge in [0.1, 0.15) is 0 Å². The number of anilines is 6. The minimum atomic E-state index is -0.605. The molecule has 0 fully saturated rings. The Morgan fingerprint density at radius 1 is 0.260 bits per heavy atom. The number of nitriles is 2. The highest BCUT2D eigenvalue weighted by Crippen LogP contribution is 2.64. The van der Waals surface area contributed by atoms with E-state index in [2.05, 4.69) is 234 Å². The quantitative estimate of drug-likeness (QED) is 0.145. The summed E-state index contributed by atoms with van der Waals surface area (Å²) >= 11 is 0. The molecule has 4 nitrogen and oxygen atoms in total. The molecule has 11 aromatic carbocycles. The molecule has 0 saturated carbocycles. The summed E-state index contributed by atoms with van der Waals surface area (Å²) in [5.41, 5.74) is 23.3. The van der Waals surface area contributed by atoms with Crippen molar-refractivity contribution in [2.45, 2.75) is 5.41 Å². The third-order valence-electron chi connectivity index (χ3n) is 14.7. The van der Waals surface area contributed by atoms with E-state index in [1.807, 2.05) is 54.6 Å². The van der Waals surface area contributed by atoms with E-state index in [0.717, 1.165) is 67.5 Å². The van der Waals surface area contributed by atoms with Crippen molar-refractivity contribution in [2.24, 2.45) is 0 Å². The molecule has 2 aliphatic carbocycles. The fourth-order valence-corrected chi connectivity index (χ4v) is 11.5. The lowest BCUT2D eigenvalue weighted by Crippen LogP contribution is -2.26. The molecule has 4 heteroatoms. The summed E-state index contributed by atoms with van der Waals surface area (Å²) in [4.78, 5) is 4.54. The molecule has 0 aliphatic heterocycles. The first-order valence-electron chi connectivity index (χ1n) is 24.6. The van der Waals surface area contributed by atoms with Crippen molar-refractivity contribution in [1.82, 2.24) is 0 Å². The van der Waals surface area contributed by atoms with Crippen molar-refractivity contribution in [2.75, 3.05) is 9.80 Å². The lowest BCUT2D eigenvalue weighted by molar-refractivity contribution is 0.794. The third-order valence-corrected chi connectivity index (χ3v) is 14.7. The maximum atomic E-state index is 9.97. The fourth-order valence-electron chi connectivity index (χ4n) is 11.5. The summed E-state index contributed by atoms with van der Waals surface area (Å²) in [6.07, 6.45) is 0. The van der Waals surface area contributed by atoms with Crippen molar-refractivity contribution in [1.29, 1.82) is 10.5 Å². The van der Waals surface area contributed by atoms with Gasteiger partial charge in [-0.15, -0.1) is 0 Å². The summed E-state index contributed by atoms with van der Waals surface area (Å²) in [5.74, 6) is 0. The predicted octanol–water partition coefficient (Wildman–Crippen LogP) is 17.7. The van der Waals surface area contributed by atoms with Gasteiger partial charge in [0.25, 0.3) is 0 Å². The second-order valence-corrected chi connectivity index (χ2v) is 18.7. The Hall–Kier alpha value is -10.0. The molecule has 13 rings (SSSR count). The molecule has 73 heavy (non-hydrogen) atoms. The molecular weight excluding hydrogens is 885 g/mol. The highest BCUT2D eigenvalue weighted by molar-refractivity contribution is 6.01. The SMILES string of the molecule is N#Cc1ccc(N(c2ccc(-c3ccccc3)cc2)c2ccc3c(c2)C2(c4ccccc4-c4ccccc42)c2cccc(-c4ccc(N(c5ccc(-c6ccccc6)cc5)c5cccc(C#N)c5)cc4)c2-3)cc1. The van der Waals surface area contributed by atoms with Crippen LogP contribution >= 0.6 is 0 Å². The molecule has 0 radical (unpaired) electrons. The van der Waals surface area contributed by atoms with Crippen molar-refractivity contribution < 1.29 is 0 Å². The highest BCUT2D eigenvalue weighted by Gasteiger charge is 2.52. The second kappa shape index (κ2) is 17.8. The van der Waals surface area contributed by atoms with E-state index < -0.39 is 5.41 Å². The van der Waals surface area contributed by atoms with Gasteiger partial charge in [-0.1, -0.05) is 176 Å². The summed E-state index contributed by atoms with van der Waals surface area (Å²) in [6.45, 7) is 0. The molecule has 0 bridgehead atoms. The number of fused-ring (bicyclic) bond motifs is 10. The molecule has 1 spiro atoms. The van der Waals surface area contributed by atoms with E-state index in [-0.39, 0.29) is 0 Å². The Kier molecular flexibility index (Phi) is 10.5. The van der Waals surface area contributed by atoms with Crippen LogP contribution in [0, 0.1) is 22.7 Å². The van der Waals surface area contributed by atoms with Crippen LogP contribution in [0.1, 0.15) is 33.4 Å². The minimum Gasteiger partial charge on any atom is -0.310 e. The largest absolute Gasteiger partial charge is 0.310 e. The standard InChI is InChI=1S/C69H44N4/c70-45-47-25-33-54(34-26-47)73(56-37-29-52(30-38-56)50-16-5-2-6-17-50)59-41-42-63-67(44-59)69(64-22-9-7-19-61(64)62-20-8-10-23-65(62)69)66-24-12-21-60(68(63)66)53-31-39-57(40-32-53)72(58-18-11-13-48(43-58)46-71)55-35-27-51(28-36-55)49-14-3-1-4-15-49/h1-44H. The molecule has 0 saturated heterocycles. The monoisotopic (exact) mass is 928 g/mol. The highest BCUT2D eigenvalue weighted by atomic mass is 15.1. The average molecular weight is 929 g/mol. The lowest BCUT2D eigenvalue weighted by atomic mass is 9.70. The van der Waals surface area contributed by atoms with Gasteiger partial charge in [-0.05, 0) is 169 Å². The smallest absolute Gasteiger partial charge is 0.0992 e. The van der Waals surface area contributed by atoms with Gasteiger partial charge in [-0.2, -0.15) is 10.5 Å². The van der Waals surface area contributed by atoms with E-state index in [9.17, 15) is 10.5 Å². The molecule has 340 valence electrons. The van der Waals surface area contributed by atoms with Crippen LogP contribution < -0.4 is 9.80 Å². The van der Waals surface area contributed by atoms with Gasteiger partial charge in [-0.25, -0.2) is 0 Å². The van der Waals surface area contributed by atoms with E-state index >= 15 is 0 Å². The molecule has 0 heterocycles. The summed E-state index contributed by atoms with van der Waals surface area (Å²) in [7, 11) is 0. The van der Waals surface area contributed by atoms with Gasteiger partial charge in [0.05, 0.1) is 28.7 Å². The minimum absolute atomic E-state index is 0.603. The van der Waals surface area contributed by atoms with Crippen molar-refractivity contribution in [3.05, 3.63) is 300 Å². The van der Waals surface area contributed by atoms with Crippen molar-refractivity contribution in [3.8, 4) is 67.8 Å². The first-order valence-corrected chi connectivity index (χ1v) is 24.6. The first-order chi connectivity index (χ1) is 36.1. The molecule has 0 unspecified atom stereocenters. The zero-order valence-corrected chi connectivity index (χ0v) is 39.7. The normalized spacial score (nSPS) is 12.2. The number of nitrogens with zero attached hydrogens (tertiary/aromatic N) is 4. The van der Waals surface area contributed by atoms with Crippen LogP contribution in [0.3, 0.4) is 0 Å². The summed E-state index contributed by atoms with van der Waals surface area (Å²) in [5, 5.41) is 19.8. The van der Waals surface area contributed by atoms with Crippen LogP contribution in [-0.4, -0.2) is 0 Å². The van der Waals surface area contributed by atoms with Crippen LogP contribution in [0.25, 0.3) is 55.6 Å². The zero-order valence-electron chi connectivity index (χ0n) is 39.7. The molecule has 2 aliphatic rings. The molecule has 0 N–H and O–H groups in total. The number of hydrogen-bond donors (Lipinski definition) is 0. The van der Waals surface area contributed by atoms with Crippen LogP contribution in [0.15, 0.2) is 267 Å². The Labute approximate surface area is 425 Å². The van der Waals surface area contributed by atoms with Gasteiger partial charge >= 0.3 is 0 Å². The van der Waals surface area contributed by atoms with Crippen LogP contribution in [0.5, 0.6) is 0 Å². The van der Waals surface area contributed by atoms with Crippen LogP contribution in [-0.2, 0) is 5.41 Å². The number of hydrogen-bond acceptors (Lipinski definition) is 4. The zero-order chi connectivity index (χ0) is 48.9. The Bertz CT molecular complexity index is 3910. The van der Waals surface area contributed by atoms with Crippen LogP contribution in [0.2, 0.25) is 0 Å². The van der Waals surface area contributed by atoms with E-state index in [1.165, 1.54) is 44.5 Å². The number of benzene rings is 11. The fraction of sp³-hybridized carbons (Fsp3) is 0.0145. The van der Waals surface area contributed by atoms with E-state index in [0.29, 0.717) is 11.1 Å². The maximum absolute atomic E-state index is 9.97. The van der Waals surface area contributed by atoms with Crippen molar-refractivity contribution in [3.63, 3.8) is 0 Å². The summed E-state index contributed by atoms with van der Waals surface area (Å²) < 4.78 is 0. The molecule has 0 amide bonds. The van der Waals surface area contributed by atoms with Gasteiger partial charge in [0, 0.05) is 34.1 Å². The maximum Gasteiger partial charge on any atom is 0.0992 e. The third kappa shape index (κ3) is 7.12. The van der Waals surface area contributed by atoms with Gasteiger partial charge < -0.3 is 9.80 Å². The van der Waals surface area contributed by atoms with Crippen LogP contribution in [0.4, 0.5) is 34.1 Å². The number of rotatable bonds is 9. The second-order valence-electron chi connectivity index (χ2n) is 18.7. The molecular formula is C69H44N4. The Morgan fingerprint density at radius 3 is 1.21 bits per heavy atom. The van der Waals surface area contributed by atoms with E-state index in [1.54, 1.807) is 0 Å². The molecule has 11 aromatic rings. The Balaban J connectivity index is 0.977. The molecule has 0 aromatic heterocycles. The van der Waals surface area contributed by atoms with Crippen molar-refractivity contribution >= 4 is 34.1 Å². The van der Waals surface area contributed by atoms with Gasteiger partial charge in [0.15, 0.2) is 0 Å². The Morgan fingerprint density at radius 2 is 0.671 bits per heavy atom. The topological polar surface area (TPSA) is 54.1 Å². The average Bonchev–Trinajstić information content (AvgIpc) is 3.95. The van der Waals surface area contributed by atoms with E-state index in [4.69, 9.17) is 0 Å². The predicted molar refractivity (Wildman–Crippen MR) is 298 cm³/mol. The summed E-state index contributed by atoms with van der Waals surface area (Å²) in [6, 6.07) is 99.3.